The molecule has 1 heterocycles. The number of rotatable bonds is 16. The lowest BCUT2D eigenvalue weighted by atomic mass is 10.0. The van der Waals surface area contributed by atoms with Crippen LogP contribution in [0.25, 0.3) is 10.9 Å². The van der Waals surface area contributed by atoms with Crippen molar-refractivity contribution in [2.75, 3.05) is 12.0 Å². The zero-order valence-electron chi connectivity index (χ0n) is 23.2. The van der Waals surface area contributed by atoms with Crippen molar-refractivity contribution in [1.82, 2.24) is 20.9 Å². The molecule has 0 spiro atoms. The number of benzene rings is 2. The van der Waals surface area contributed by atoms with Gasteiger partial charge in [-0.2, -0.15) is 11.8 Å². The van der Waals surface area contributed by atoms with Crippen LogP contribution >= 0.6 is 11.8 Å². The zero-order valence-corrected chi connectivity index (χ0v) is 24.0. The minimum absolute atomic E-state index is 0.0102. The van der Waals surface area contributed by atoms with E-state index in [2.05, 4.69) is 20.9 Å². The van der Waals surface area contributed by atoms with Gasteiger partial charge in [0.15, 0.2) is 0 Å². The molecule has 4 atom stereocenters. The van der Waals surface area contributed by atoms with E-state index in [9.17, 15) is 29.1 Å². The number of carboxylic acid groups (broad SMARTS) is 1. The van der Waals surface area contributed by atoms with Crippen molar-refractivity contribution in [3.63, 3.8) is 0 Å². The molecule has 0 saturated carbocycles. The number of aromatic amines is 1. The smallest absolute Gasteiger partial charge is 0.326 e. The summed E-state index contributed by atoms with van der Waals surface area (Å²) in [4.78, 5) is 66.5. The second-order valence-electron chi connectivity index (χ2n) is 9.83. The zero-order chi connectivity index (χ0) is 30.6. The van der Waals surface area contributed by atoms with Crippen LogP contribution in [0.4, 0.5) is 0 Å². The number of H-pyrrole nitrogens is 1. The number of aliphatic carboxylic acids is 1. The Kier molecular flexibility index (Phi) is 11.9. The predicted molar refractivity (Wildman–Crippen MR) is 160 cm³/mol. The summed E-state index contributed by atoms with van der Waals surface area (Å²) in [5.74, 6) is -3.71. The van der Waals surface area contributed by atoms with E-state index < -0.39 is 60.2 Å². The van der Waals surface area contributed by atoms with Gasteiger partial charge in [-0.15, -0.1) is 0 Å². The normalized spacial score (nSPS) is 13.9. The number of thioether (sulfide) groups is 1. The van der Waals surface area contributed by atoms with Gasteiger partial charge in [-0.05, 0) is 35.6 Å². The van der Waals surface area contributed by atoms with E-state index in [1.165, 1.54) is 11.8 Å². The number of para-hydroxylation sites is 1. The Morgan fingerprint density at radius 1 is 0.857 bits per heavy atom. The van der Waals surface area contributed by atoms with E-state index in [-0.39, 0.29) is 12.8 Å². The Hall–Kier alpha value is -4.36. The maximum atomic E-state index is 13.5. The molecule has 0 saturated heterocycles. The number of hydrogen-bond donors (Lipinski definition) is 7. The lowest BCUT2D eigenvalue weighted by Crippen LogP contribution is -2.58. The minimum Gasteiger partial charge on any atom is -0.480 e. The van der Waals surface area contributed by atoms with Crippen molar-refractivity contribution < 1.29 is 29.1 Å². The lowest BCUT2D eigenvalue weighted by molar-refractivity contribution is -0.142. The molecule has 3 aromatic rings. The highest BCUT2D eigenvalue weighted by molar-refractivity contribution is 7.98. The molecule has 0 aliphatic carbocycles. The number of aromatic nitrogens is 1. The summed E-state index contributed by atoms with van der Waals surface area (Å²) in [7, 11) is 0. The number of primary amides is 1. The van der Waals surface area contributed by atoms with Crippen LogP contribution in [0.5, 0.6) is 0 Å². The first-order valence-corrected chi connectivity index (χ1v) is 14.7. The van der Waals surface area contributed by atoms with Crippen LogP contribution in [-0.4, -0.2) is 75.9 Å². The molecule has 4 unspecified atom stereocenters. The highest BCUT2D eigenvalue weighted by atomic mass is 32.2. The molecule has 3 rings (SSSR count). The highest BCUT2D eigenvalue weighted by Crippen LogP contribution is 2.19. The molecule has 2 aromatic carbocycles. The molecule has 0 aliphatic heterocycles. The molecule has 0 radical (unpaired) electrons. The monoisotopic (exact) mass is 596 g/mol. The molecule has 224 valence electrons. The molecule has 0 aliphatic rings. The summed E-state index contributed by atoms with van der Waals surface area (Å²) in [6, 6.07) is 11.3. The standard InChI is InChI=1S/C29H36N6O6S/c1-42-12-11-20(30)26(37)33-23(15-25(31)36)28(39)34-22(14-18-16-32-21-10-6-5-9-19(18)21)27(38)35-24(29(40)41)13-17-7-3-2-4-8-17/h2-10,16,20,22-24,32H,11-15,30H2,1H3,(H2,31,36)(H,33,37)(H,34,39)(H,35,38)(H,40,41). The number of nitrogens with two attached hydrogens (primary N) is 2. The molecule has 9 N–H and O–H groups in total. The Labute approximate surface area is 247 Å². The van der Waals surface area contributed by atoms with Crippen molar-refractivity contribution in [3.05, 3.63) is 71.9 Å². The summed E-state index contributed by atoms with van der Waals surface area (Å²) in [5, 5.41) is 18.2. The van der Waals surface area contributed by atoms with Gasteiger partial charge in [-0.3, -0.25) is 19.2 Å². The molecule has 1 aromatic heterocycles. The van der Waals surface area contributed by atoms with Crippen molar-refractivity contribution in [2.45, 2.75) is 49.9 Å². The van der Waals surface area contributed by atoms with Crippen LogP contribution in [0, 0.1) is 0 Å². The summed E-state index contributed by atoms with van der Waals surface area (Å²) in [6.07, 6.45) is 3.39. The summed E-state index contributed by atoms with van der Waals surface area (Å²) < 4.78 is 0. The second-order valence-corrected chi connectivity index (χ2v) is 10.8. The largest absolute Gasteiger partial charge is 0.480 e. The van der Waals surface area contributed by atoms with Crippen molar-refractivity contribution >= 4 is 52.3 Å². The number of carboxylic acids is 1. The summed E-state index contributed by atoms with van der Waals surface area (Å²) in [6.45, 7) is 0. The third-order valence-corrected chi connectivity index (χ3v) is 7.28. The SMILES string of the molecule is CSCCC(N)C(=O)NC(CC(N)=O)C(=O)NC(Cc1c[nH]c2ccccc12)C(=O)NC(Cc1ccccc1)C(=O)O. The molecular weight excluding hydrogens is 560 g/mol. The van der Waals surface area contributed by atoms with Crippen LogP contribution in [0.2, 0.25) is 0 Å². The van der Waals surface area contributed by atoms with Gasteiger partial charge < -0.3 is 37.5 Å². The van der Waals surface area contributed by atoms with Crippen LogP contribution in [0.3, 0.4) is 0 Å². The molecule has 0 bridgehead atoms. The van der Waals surface area contributed by atoms with Gasteiger partial charge >= 0.3 is 5.97 Å². The van der Waals surface area contributed by atoms with Gasteiger partial charge in [0.1, 0.15) is 18.1 Å². The Balaban J connectivity index is 1.85. The first kappa shape index (κ1) is 32.2. The molecule has 12 nitrogen and oxygen atoms in total. The minimum atomic E-state index is -1.40. The van der Waals surface area contributed by atoms with Crippen LogP contribution in [-0.2, 0) is 36.8 Å². The number of fused-ring (bicyclic) bond motifs is 1. The third kappa shape index (κ3) is 9.35. The quantitative estimate of drug-likeness (QED) is 0.123. The number of hydrogen-bond acceptors (Lipinski definition) is 7. The van der Waals surface area contributed by atoms with Crippen LogP contribution in [0.1, 0.15) is 24.0 Å². The van der Waals surface area contributed by atoms with E-state index in [0.717, 1.165) is 10.9 Å². The van der Waals surface area contributed by atoms with Gasteiger partial charge in [0.05, 0.1) is 12.5 Å². The third-order valence-electron chi connectivity index (χ3n) is 6.64. The van der Waals surface area contributed by atoms with Crippen molar-refractivity contribution in [2.24, 2.45) is 11.5 Å². The number of nitrogens with one attached hydrogen (secondary N) is 4. The fraction of sp³-hybridized carbons (Fsp3) is 0.345. The Morgan fingerprint density at radius 3 is 2.14 bits per heavy atom. The first-order chi connectivity index (χ1) is 20.1. The number of carbonyl (C=O) groups excluding carboxylic acids is 4. The average molecular weight is 597 g/mol. The number of carbonyl (C=O) groups is 5. The maximum Gasteiger partial charge on any atom is 0.326 e. The first-order valence-electron chi connectivity index (χ1n) is 13.3. The maximum absolute atomic E-state index is 13.5. The average Bonchev–Trinajstić information content (AvgIpc) is 3.37. The highest BCUT2D eigenvalue weighted by Gasteiger charge is 2.32. The topological polar surface area (TPSA) is 209 Å². The molecular formula is C29H36N6O6S. The van der Waals surface area contributed by atoms with E-state index in [4.69, 9.17) is 11.5 Å². The van der Waals surface area contributed by atoms with Crippen LogP contribution < -0.4 is 27.4 Å². The molecule has 42 heavy (non-hydrogen) atoms. The van der Waals surface area contributed by atoms with Gasteiger partial charge in [-0.25, -0.2) is 4.79 Å². The van der Waals surface area contributed by atoms with Crippen molar-refractivity contribution in [1.29, 1.82) is 0 Å². The van der Waals surface area contributed by atoms with E-state index in [0.29, 0.717) is 23.3 Å². The second kappa shape index (κ2) is 15.6. The Morgan fingerprint density at radius 2 is 1.48 bits per heavy atom. The van der Waals surface area contributed by atoms with Gasteiger partial charge in [0.2, 0.25) is 23.6 Å². The summed E-state index contributed by atoms with van der Waals surface area (Å²) >= 11 is 1.50. The van der Waals surface area contributed by atoms with E-state index in [1.807, 2.05) is 30.5 Å². The lowest BCUT2D eigenvalue weighted by Gasteiger charge is -2.25. The molecule has 0 fully saturated rings. The predicted octanol–water partition coefficient (Wildman–Crippen LogP) is 0.448. The van der Waals surface area contributed by atoms with Crippen molar-refractivity contribution in [3.8, 4) is 0 Å². The van der Waals surface area contributed by atoms with Gasteiger partial charge in [0, 0.05) is 29.9 Å². The molecule has 4 amide bonds. The summed E-state index contributed by atoms with van der Waals surface area (Å²) in [5.41, 5.74) is 13.5. The fourth-order valence-corrected chi connectivity index (χ4v) is 4.88. The fourth-order valence-electron chi connectivity index (χ4n) is 4.39. The van der Waals surface area contributed by atoms with Gasteiger partial charge in [0.25, 0.3) is 0 Å². The van der Waals surface area contributed by atoms with Crippen LogP contribution in [0.15, 0.2) is 60.8 Å². The number of amides is 4. The molecule has 13 heteroatoms. The Bertz CT molecular complexity index is 1400. The van der Waals surface area contributed by atoms with E-state index >= 15 is 0 Å². The van der Waals surface area contributed by atoms with E-state index in [1.54, 1.807) is 36.5 Å². The van der Waals surface area contributed by atoms with Gasteiger partial charge in [-0.1, -0.05) is 48.5 Å².